The Morgan fingerprint density at radius 3 is 2.42 bits per heavy atom. The number of esters is 2. The highest BCUT2D eigenvalue weighted by Crippen LogP contribution is 2.27. The lowest BCUT2D eigenvalue weighted by atomic mass is 10.1. The molecule has 144 valence electrons. The molecule has 1 aromatic rings. The van der Waals surface area contributed by atoms with Gasteiger partial charge in [-0.3, -0.25) is 19.7 Å². The minimum atomic E-state index is -0.742. The summed E-state index contributed by atoms with van der Waals surface area (Å²) in [4.78, 5) is 33.3. The van der Waals surface area contributed by atoms with Gasteiger partial charge in [-0.05, 0) is 25.3 Å². The zero-order valence-electron chi connectivity index (χ0n) is 14.9. The average molecular weight is 369 g/mol. The Morgan fingerprint density at radius 1 is 1.08 bits per heavy atom. The second kappa shape index (κ2) is 11.9. The fraction of sp³-hybridized carbons (Fsp3) is 0.556. The first-order valence-corrected chi connectivity index (χ1v) is 8.74. The van der Waals surface area contributed by atoms with Gasteiger partial charge in [-0.25, -0.2) is 4.39 Å². The third kappa shape index (κ3) is 8.55. The molecule has 0 heterocycles. The molecular weight excluding hydrogens is 345 g/mol. The van der Waals surface area contributed by atoms with Crippen LogP contribution in [0.4, 0.5) is 10.1 Å². The van der Waals surface area contributed by atoms with E-state index < -0.39 is 28.1 Å². The molecule has 0 spiro atoms. The quantitative estimate of drug-likeness (QED) is 0.179. The molecule has 0 aromatic heterocycles. The third-order valence-corrected chi connectivity index (χ3v) is 3.62. The number of rotatable bonds is 12. The first kappa shape index (κ1) is 21.5. The van der Waals surface area contributed by atoms with E-state index in [1.54, 1.807) is 0 Å². The van der Waals surface area contributed by atoms with Crippen LogP contribution in [0.1, 0.15) is 58.3 Å². The maximum Gasteiger partial charge on any atom is 0.311 e. The summed E-state index contributed by atoms with van der Waals surface area (Å²) in [5, 5.41) is 10.8. The molecule has 0 bridgehead atoms. The Kier molecular flexibility index (Phi) is 9.89. The number of unbranched alkanes of at least 4 members (excludes halogenated alkanes) is 4. The molecule has 0 aliphatic heterocycles. The van der Waals surface area contributed by atoms with Crippen LogP contribution >= 0.6 is 0 Å². The molecule has 0 amide bonds. The molecule has 0 atom stereocenters. The van der Waals surface area contributed by atoms with Crippen molar-refractivity contribution >= 4 is 17.6 Å². The Labute approximate surface area is 151 Å². The van der Waals surface area contributed by atoms with Gasteiger partial charge in [0, 0.05) is 25.0 Å². The molecule has 1 rings (SSSR count). The highest BCUT2D eigenvalue weighted by atomic mass is 19.1. The van der Waals surface area contributed by atoms with Crippen LogP contribution < -0.4 is 4.74 Å². The van der Waals surface area contributed by atoms with Gasteiger partial charge in [-0.2, -0.15) is 0 Å². The molecule has 0 aliphatic rings. The Balaban J connectivity index is 2.24. The van der Waals surface area contributed by atoms with Crippen molar-refractivity contribution in [2.24, 2.45) is 0 Å². The number of halogens is 1. The zero-order valence-corrected chi connectivity index (χ0v) is 14.9. The second-order valence-electron chi connectivity index (χ2n) is 5.83. The summed E-state index contributed by atoms with van der Waals surface area (Å²) in [5.74, 6) is -2.06. The van der Waals surface area contributed by atoms with Gasteiger partial charge in [0.05, 0.1) is 11.5 Å². The first-order chi connectivity index (χ1) is 12.4. The lowest BCUT2D eigenvalue weighted by Crippen LogP contribution is -2.09. The van der Waals surface area contributed by atoms with Gasteiger partial charge >= 0.3 is 17.6 Å². The number of carbonyl (C=O) groups is 2. The molecule has 0 saturated heterocycles. The van der Waals surface area contributed by atoms with Crippen LogP contribution in [-0.2, 0) is 14.3 Å². The predicted molar refractivity (Wildman–Crippen MR) is 92.3 cm³/mol. The van der Waals surface area contributed by atoms with E-state index in [0.29, 0.717) is 25.9 Å². The van der Waals surface area contributed by atoms with Crippen LogP contribution in [0.25, 0.3) is 0 Å². The lowest BCUT2D eigenvalue weighted by molar-refractivity contribution is -0.385. The largest absolute Gasteiger partial charge is 0.466 e. The summed E-state index contributed by atoms with van der Waals surface area (Å²) < 4.78 is 23.1. The van der Waals surface area contributed by atoms with Crippen LogP contribution in [0, 0.1) is 15.9 Å². The summed E-state index contributed by atoms with van der Waals surface area (Å²) in [5.41, 5.74) is -0.467. The number of benzene rings is 1. The van der Waals surface area contributed by atoms with Crippen LogP contribution in [0.3, 0.4) is 0 Å². The van der Waals surface area contributed by atoms with Gasteiger partial charge in [0.25, 0.3) is 0 Å². The van der Waals surface area contributed by atoms with Crippen molar-refractivity contribution in [2.45, 2.75) is 58.3 Å². The number of hydrogen-bond donors (Lipinski definition) is 0. The Morgan fingerprint density at radius 2 is 1.77 bits per heavy atom. The minimum Gasteiger partial charge on any atom is -0.466 e. The number of nitro groups is 1. The summed E-state index contributed by atoms with van der Waals surface area (Å²) in [6.45, 7) is 2.50. The topological polar surface area (TPSA) is 95.7 Å². The van der Waals surface area contributed by atoms with Crippen molar-refractivity contribution in [1.82, 2.24) is 0 Å². The molecule has 7 nitrogen and oxygen atoms in total. The highest BCUT2D eigenvalue weighted by Gasteiger charge is 2.18. The fourth-order valence-electron chi connectivity index (χ4n) is 2.22. The van der Waals surface area contributed by atoms with E-state index in [1.165, 1.54) is 0 Å². The maximum atomic E-state index is 13.2. The van der Waals surface area contributed by atoms with E-state index in [9.17, 15) is 24.1 Å². The molecular formula is C18H24FNO6. The standard InChI is InChI=1S/C18H24FNO6/c1-2-3-7-12-25-17(21)8-5-4-6-9-18(22)26-16-13-14(19)10-11-15(16)20(23)24/h10-11,13H,2-9,12H2,1H3. The van der Waals surface area contributed by atoms with Gasteiger partial charge in [0.2, 0.25) is 5.75 Å². The summed E-state index contributed by atoms with van der Waals surface area (Å²) in [7, 11) is 0. The summed E-state index contributed by atoms with van der Waals surface area (Å²) >= 11 is 0. The van der Waals surface area contributed by atoms with Crippen molar-refractivity contribution in [3.8, 4) is 5.75 Å². The van der Waals surface area contributed by atoms with Crippen LogP contribution in [0.5, 0.6) is 5.75 Å². The monoisotopic (exact) mass is 369 g/mol. The molecule has 1 aromatic carbocycles. The second-order valence-corrected chi connectivity index (χ2v) is 5.83. The number of carbonyl (C=O) groups excluding carboxylic acids is 2. The Bertz CT molecular complexity index is 620. The van der Waals surface area contributed by atoms with Crippen LogP contribution in [-0.4, -0.2) is 23.5 Å². The maximum absolute atomic E-state index is 13.2. The van der Waals surface area contributed by atoms with E-state index in [2.05, 4.69) is 6.92 Å². The molecule has 8 heteroatoms. The minimum absolute atomic E-state index is 0.0270. The molecule has 0 saturated carbocycles. The number of ether oxygens (including phenoxy) is 2. The molecule has 0 fully saturated rings. The number of hydrogen-bond acceptors (Lipinski definition) is 6. The van der Waals surface area contributed by atoms with E-state index in [1.807, 2.05) is 0 Å². The zero-order chi connectivity index (χ0) is 19.4. The third-order valence-electron chi connectivity index (χ3n) is 3.62. The van der Waals surface area contributed by atoms with Crippen molar-refractivity contribution in [3.05, 3.63) is 34.1 Å². The number of nitrogens with zero attached hydrogens (tertiary/aromatic N) is 1. The van der Waals surface area contributed by atoms with Crippen LogP contribution in [0.15, 0.2) is 18.2 Å². The molecule has 0 aliphatic carbocycles. The van der Waals surface area contributed by atoms with Gasteiger partial charge in [0.15, 0.2) is 0 Å². The van der Waals surface area contributed by atoms with Crippen molar-refractivity contribution in [3.63, 3.8) is 0 Å². The smallest absolute Gasteiger partial charge is 0.311 e. The van der Waals surface area contributed by atoms with Crippen molar-refractivity contribution in [1.29, 1.82) is 0 Å². The molecule has 0 radical (unpaired) electrons. The predicted octanol–water partition coefficient (Wildman–Crippen LogP) is 4.32. The van der Waals surface area contributed by atoms with Gasteiger partial charge in [0.1, 0.15) is 5.82 Å². The lowest BCUT2D eigenvalue weighted by Gasteiger charge is -2.06. The number of nitro benzene ring substituents is 1. The Hall–Kier alpha value is -2.51. The van der Waals surface area contributed by atoms with Crippen LogP contribution in [0.2, 0.25) is 0 Å². The molecule has 0 N–H and O–H groups in total. The first-order valence-electron chi connectivity index (χ1n) is 8.74. The molecule has 26 heavy (non-hydrogen) atoms. The van der Waals surface area contributed by atoms with E-state index in [4.69, 9.17) is 9.47 Å². The summed E-state index contributed by atoms with van der Waals surface area (Å²) in [6.07, 6.45) is 4.93. The van der Waals surface area contributed by atoms with Gasteiger partial charge in [-0.15, -0.1) is 0 Å². The normalized spacial score (nSPS) is 10.4. The summed E-state index contributed by atoms with van der Waals surface area (Å²) in [6, 6.07) is 2.69. The van der Waals surface area contributed by atoms with E-state index in [0.717, 1.165) is 37.5 Å². The van der Waals surface area contributed by atoms with Gasteiger partial charge in [-0.1, -0.05) is 26.2 Å². The van der Waals surface area contributed by atoms with Gasteiger partial charge < -0.3 is 9.47 Å². The van der Waals surface area contributed by atoms with Crippen molar-refractivity contribution in [2.75, 3.05) is 6.61 Å². The van der Waals surface area contributed by atoms with Crippen molar-refractivity contribution < 1.29 is 28.4 Å². The fourth-order valence-corrected chi connectivity index (χ4v) is 2.22. The highest BCUT2D eigenvalue weighted by molar-refractivity contribution is 5.73. The van der Waals surface area contributed by atoms with E-state index >= 15 is 0 Å². The molecule has 0 unspecified atom stereocenters. The average Bonchev–Trinajstić information content (AvgIpc) is 2.58. The van der Waals surface area contributed by atoms with E-state index in [-0.39, 0.29) is 18.8 Å². The SMILES string of the molecule is CCCCCOC(=O)CCCCCC(=O)Oc1cc(F)ccc1[N+](=O)[O-].